The van der Waals surface area contributed by atoms with Crippen LogP contribution in [0, 0.1) is 0 Å². The Morgan fingerprint density at radius 1 is 0.818 bits per heavy atom. The predicted octanol–water partition coefficient (Wildman–Crippen LogP) is 3.16. The smallest absolute Gasteiger partial charge is 0.0819 e. The van der Waals surface area contributed by atoms with Gasteiger partial charge in [0.15, 0.2) is 0 Å². The molecule has 0 saturated carbocycles. The zero-order chi connectivity index (χ0) is 9.12. The summed E-state index contributed by atoms with van der Waals surface area (Å²) >= 11 is 0. The third-order valence-electron chi connectivity index (χ3n) is 1.41. The molecule has 1 aliphatic rings. The molecule has 0 atom stereocenters. The molecule has 0 amide bonds. The van der Waals surface area contributed by atoms with Crippen LogP contribution in [0.1, 0.15) is 41.5 Å². The van der Waals surface area contributed by atoms with Gasteiger partial charge in [-0.25, -0.2) is 0 Å². The number of ether oxygens (including phenoxy) is 1. The van der Waals surface area contributed by atoms with Gasteiger partial charge >= 0.3 is 0 Å². The minimum Gasteiger partial charge on any atom is -0.362 e. The van der Waals surface area contributed by atoms with Crippen LogP contribution < -0.4 is 0 Å². The molecule has 0 aliphatic carbocycles. The van der Waals surface area contributed by atoms with Gasteiger partial charge in [-0.1, -0.05) is 26.0 Å². The van der Waals surface area contributed by atoms with Gasteiger partial charge in [0, 0.05) is 0 Å². The van der Waals surface area contributed by atoms with Crippen molar-refractivity contribution in [2.24, 2.45) is 0 Å². The fourth-order valence-electron chi connectivity index (χ4n) is 1.15. The lowest BCUT2D eigenvalue weighted by Crippen LogP contribution is -2.26. The molecule has 0 aromatic carbocycles. The first-order valence-corrected chi connectivity index (χ1v) is 4.32. The van der Waals surface area contributed by atoms with Crippen LogP contribution in [0.15, 0.2) is 12.2 Å². The van der Waals surface area contributed by atoms with Crippen molar-refractivity contribution in [2.75, 3.05) is 0 Å². The molecule has 1 heterocycles. The lowest BCUT2D eigenvalue weighted by atomic mass is 10.1. The molecular formula is C10H20O. The van der Waals surface area contributed by atoms with Gasteiger partial charge in [-0.15, -0.1) is 0 Å². The first kappa shape index (κ1) is 10.7. The van der Waals surface area contributed by atoms with Gasteiger partial charge in [0.25, 0.3) is 0 Å². The fraction of sp³-hybridized carbons (Fsp3) is 0.800. The van der Waals surface area contributed by atoms with E-state index in [1.807, 2.05) is 13.8 Å². The summed E-state index contributed by atoms with van der Waals surface area (Å²) in [7, 11) is 0. The minimum atomic E-state index is -0.0521. The van der Waals surface area contributed by atoms with E-state index in [4.69, 9.17) is 4.74 Å². The van der Waals surface area contributed by atoms with E-state index >= 15 is 0 Å². The molecule has 0 fully saturated rings. The van der Waals surface area contributed by atoms with E-state index in [1.54, 1.807) is 0 Å². The van der Waals surface area contributed by atoms with Crippen LogP contribution in [0.3, 0.4) is 0 Å². The lowest BCUT2D eigenvalue weighted by molar-refractivity contribution is -0.0481. The minimum absolute atomic E-state index is 0.0521. The maximum Gasteiger partial charge on any atom is 0.0819 e. The van der Waals surface area contributed by atoms with Gasteiger partial charge in [-0.3, -0.25) is 0 Å². The average Bonchev–Trinajstić information content (AvgIpc) is 2.10. The fourth-order valence-corrected chi connectivity index (χ4v) is 1.15. The first-order chi connectivity index (χ1) is 4.91. The maximum atomic E-state index is 5.62. The van der Waals surface area contributed by atoms with E-state index in [-0.39, 0.29) is 11.2 Å². The molecule has 0 radical (unpaired) electrons. The van der Waals surface area contributed by atoms with Gasteiger partial charge in [0.1, 0.15) is 0 Å². The van der Waals surface area contributed by atoms with Crippen molar-refractivity contribution in [2.45, 2.75) is 52.7 Å². The standard InChI is InChI=1S/C8H14O.C2H6/c1-7(2)5-6-8(3,4)9-7;1-2/h5-6H,1-4H3;1-2H3. The van der Waals surface area contributed by atoms with Crippen molar-refractivity contribution in [3.63, 3.8) is 0 Å². The van der Waals surface area contributed by atoms with Crippen LogP contribution in [0.2, 0.25) is 0 Å². The van der Waals surface area contributed by atoms with Crippen LogP contribution >= 0.6 is 0 Å². The Labute approximate surface area is 70.4 Å². The van der Waals surface area contributed by atoms with Gasteiger partial charge in [0.05, 0.1) is 11.2 Å². The van der Waals surface area contributed by atoms with Gasteiger partial charge < -0.3 is 4.74 Å². The predicted molar refractivity (Wildman–Crippen MR) is 49.7 cm³/mol. The summed E-state index contributed by atoms with van der Waals surface area (Å²) in [5.74, 6) is 0. The van der Waals surface area contributed by atoms with Crippen molar-refractivity contribution < 1.29 is 4.74 Å². The molecule has 1 rings (SSSR count). The zero-order valence-corrected chi connectivity index (χ0v) is 8.56. The highest BCUT2D eigenvalue weighted by molar-refractivity contribution is 5.12. The summed E-state index contributed by atoms with van der Waals surface area (Å²) in [6, 6.07) is 0. The quantitative estimate of drug-likeness (QED) is 0.489. The first-order valence-electron chi connectivity index (χ1n) is 4.32. The summed E-state index contributed by atoms with van der Waals surface area (Å²) in [6.45, 7) is 12.3. The van der Waals surface area contributed by atoms with E-state index in [0.29, 0.717) is 0 Å². The summed E-state index contributed by atoms with van der Waals surface area (Å²) < 4.78 is 5.62. The molecule has 11 heavy (non-hydrogen) atoms. The van der Waals surface area contributed by atoms with Crippen molar-refractivity contribution >= 4 is 0 Å². The molecule has 0 unspecified atom stereocenters. The Hall–Kier alpha value is -0.300. The molecule has 66 valence electrons. The Bertz CT molecular complexity index is 127. The van der Waals surface area contributed by atoms with Crippen molar-refractivity contribution in [3.8, 4) is 0 Å². The van der Waals surface area contributed by atoms with Gasteiger partial charge in [-0.05, 0) is 27.7 Å². The van der Waals surface area contributed by atoms with E-state index in [9.17, 15) is 0 Å². The van der Waals surface area contributed by atoms with Crippen molar-refractivity contribution in [1.82, 2.24) is 0 Å². The Morgan fingerprint density at radius 3 is 1.18 bits per heavy atom. The van der Waals surface area contributed by atoms with Crippen LogP contribution in [0.25, 0.3) is 0 Å². The van der Waals surface area contributed by atoms with Crippen LogP contribution in [0.5, 0.6) is 0 Å². The van der Waals surface area contributed by atoms with Crippen molar-refractivity contribution in [1.29, 1.82) is 0 Å². The Morgan fingerprint density at radius 2 is 1.09 bits per heavy atom. The number of hydrogen-bond donors (Lipinski definition) is 0. The topological polar surface area (TPSA) is 9.23 Å². The molecule has 0 saturated heterocycles. The normalized spacial score (nSPS) is 24.2. The van der Waals surface area contributed by atoms with E-state index in [2.05, 4.69) is 39.8 Å². The number of rotatable bonds is 0. The van der Waals surface area contributed by atoms with Crippen LogP contribution in [0.4, 0.5) is 0 Å². The molecule has 1 nitrogen and oxygen atoms in total. The maximum absolute atomic E-state index is 5.62. The summed E-state index contributed by atoms with van der Waals surface area (Å²) in [5, 5.41) is 0. The second kappa shape index (κ2) is 3.40. The second-order valence-electron chi connectivity index (χ2n) is 3.64. The van der Waals surface area contributed by atoms with Crippen LogP contribution in [-0.2, 0) is 4.74 Å². The van der Waals surface area contributed by atoms with Gasteiger partial charge in [0.2, 0.25) is 0 Å². The molecule has 0 N–H and O–H groups in total. The Balaban J connectivity index is 0.000000461. The molecule has 1 aliphatic heterocycles. The zero-order valence-electron chi connectivity index (χ0n) is 8.56. The summed E-state index contributed by atoms with van der Waals surface area (Å²) in [4.78, 5) is 0. The summed E-state index contributed by atoms with van der Waals surface area (Å²) in [5.41, 5.74) is -0.104. The highest BCUT2D eigenvalue weighted by atomic mass is 16.5. The van der Waals surface area contributed by atoms with Gasteiger partial charge in [-0.2, -0.15) is 0 Å². The third kappa shape index (κ3) is 3.57. The third-order valence-corrected chi connectivity index (χ3v) is 1.41. The molecule has 0 bridgehead atoms. The molecule has 1 heteroatoms. The van der Waals surface area contributed by atoms with Crippen molar-refractivity contribution in [3.05, 3.63) is 12.2 Å². The highest BCUT2D eigenvalue weighted by Gasteiger charge is 2.30. The molecule has 0 spiro atoms. The van der Waals surface area contributed by atoms with Crippen LogP contribution in [-0.4, -0.2) is 11.2 Å². The summed E-state index contributed by atoms with van der Waals surface area (Å²) in [6.07, 6.45) is 4.21. The van der Waals surface area contributed by atoms with E-state index in [0.717, 1.165) is 0 Å². The number of hydrogen-bond acceptors (Lipinski definition) is 1. The molecule has 0 aromatic heterocycles. The second-order valence-corrected chi connectivity index (χ2v) is 3.64. The van der Waals surface area contributed by atoms with E-state index < -0.39 is 0 Å². The highest BCUT2D eigenvalue weighted by Crippen LogP contribution is 2.29. The lowest BCUT2D eigenvalue weighted by Gasteiger charge is -2.24. The molecule has 0 aromatic rings. The van der Waals surface area contributed by atoms with E-state index in [1.165, 1.54) is 0 Å². The largest absolute Gasteiger partial charge is 0.362 e. The Kier molecular flexibility index (Phi) is 3.30. The average molecular weight is 156 g/mol. The molecular weight excluding hydrogens is 136 g/mol. The SMILES string of the molecule is CC.CC1(C)C=CC(C)(C)O1. The monoisotopic (exact) mass is 156 g/mol.